The highest BCUT2D eigenvalue weighted by molar-refractivity contribution is 9.10. The van der Waals surface area contributed by atoms with E-state index in [-0.39, 0.29) is 10.8 Å². The van der Waals surface area contributed by atoms with Crippen LogP contribution in [0.3, 0.4) is 0 Å². The minimum absolute atomic E-state index is 0.193. The maximum Gasteiger partial charge on any atom is 0.143 e. The maximum absolute atomic E-state index is 13.5. The summed E-state index contributed by atoms with van der Waals surface area (Å²) in [6.07, 6.45) is 0.898. The van der Waals surface area contributed by atoms with Gasteiger partial charge in [-0.15, -0.1) is 0 Å². The molecule has 1 saturated heterocycles. The van der Waals surface area contributed by atoms with Gasteiger partial charge in [0.15, 0.2) is 0 Å². The van der Waals surface area contributed by atoms with Crippen LogP contribution in [-0.2, 0) is 6.42 Å². The van der Waals surface area contributed by atoms with E-state index in [0.717, 1.165) is 37.3 Å². The third-order valence-electron chi connectivity index (χ3n) is 3.31. The Bertz CT molecular complexity index is 452. The molecule has 1 aromatic carbocycles. The van der Waals surface area contributed by atoms with Gasteiger partial charge in [-0.3, -0.25) is 0 Å². The lowest BCUT2D eigenvalue weighted by Crippen LogP contribution is -2.49. The topological polar surface area (TPSA) is 15.3 Å². The van der Waals surface area contributed by atoms with E-state index >= 15 is 0 Å². The average molecular weight is 306 g/mol. The van der Waals surface area contributed by atoms with E-state index in [2.05, 4.69) is 26.1 Å². The van der Waals surface area contributed by atoms with Crippen LogP contribution < -0.4 is 10.2 Å². The van der Waals surface area contributed by atoms with Crippen LogP contribution in [0.4, 0.5) is 10.1 Å². The van der Waals surface area contributed by atoms with Crippen molar-refractivity contribution in [3.05, 3.63) is 26.9 Å². The minimum Gasteiger partial charge on any atom is -0.364 e. The van der Waals surface area contributed by atoms with Gasteiger partial charge in [0.2, 0.25) is 0 Å². The summed E-state index contributed by atoms with van der Waals surface area (Å²) < 4.78 is 14.2. The number of hydrogen-bond acceptors (Lipinski definition) is 2. The van der Waals surface area contributed by atoms with Crippen molar-refractivity contribution < 1.29 is 4.39 Å². The number of halogens is 3. The molecule has 1 aromatic rings. The summed E-state index contributed by atoms with van der Waals surface area (Å²) in [5, 5.41) is 3.55. The third-order valence-corrected chi connectivity index (χ3v) is 4.68. The molecule has 16 heavy (non-hydrogen) atoms. The lowest BCUT2D eigenvalue weighted by Gasteiger charge is -2.33. The van der Waals surface area contributed by atoms with Crippen molar-refractivity contribution in [2.75, 3.05) is 24.5 Å². The van der Waals surface area contributed by atoms with Crippen molar-refractivity contribution >= 4 is 33.2 Å². The average Bonchev–Trinajstić information content (AvgIpc) is 2.64. The molecular weight excluding hydrogens is 294 g/mol. The van der Waals surface area contributed by atoms with E-state index in [9.17, 15) is 4.39 Å². The molecule has 0 saturated carbocycles. The van der Waals surface area contributed by atoms with Gasteiger partial charge in [-0.1, -0.05) is 11.6 Å². The zero-order valence-electron chi connectivity index (χ0n) is 8.56. The summed E-state index contributed by atoms with van der Waals surface area (Å²) in [6.45, 7) is 2.88. The predicted molar refractivity (Wildman–Crippen MR) is 66.8 cm³/mol. The number of rotatable bonds is 0. The molecule has 2 aliphatic heterocycles. The molecule has 2 nitrogen and oxygen atoms in total. The molecule has 0 aliphatic carbocycles. The molecule has 1 fully saturated rings. The van der Waals surface area contributed by atoms with Crippen molar-refractivity contribution in [2.45, 2.75) is 12.5 Å². The molecule has 3 rings (SSSR count). The number of nitrogens with zero attached hydrogens (tertiary/aromatic N) is 1. The number of anilines is 1. The number of benzene rings is 1. The Morgan fingerprint density at radius 2 is 2.38 bits per heavy atom. The highest BCUT2D eigenvalue weighted by Gasteiger charge is 2.34. The van der Waals surface area contributed by atoms with E-state index in [0.29, 0.717) is 10.5 Å². The first-order chi connectivity index (χ1) is 7.68. The molecule has 1 atom stereocenters. The summed E-state index contributed by atoms with van der Waals surface area (Å²) in [6, 6.07) is 2.01. The van der Waals surface area contributed by atoms with Crippen LogP contribution in [0, 0.1) is 5.82 Å². The first-order valence-electron chi connectivity index (χ1n) is 5.32. The Balaban J connectivity index is 2.12. The van der Waals surface area contributed by atoms with E-state index in [4.69, 9.17) is 11.6 Å². The van der Waals surface area contributed by atoms with E-state index < -0.39 is 0 Å². The van der Waals surface area contributed by atoms with E-state index in [1.54, 1.807) is 6.07 Å². The highest BCUT2D eigenvalue weighted by Crippen LogP contribution is 2.43. The van der Waals surface area contributed by atoms with Gasteiger partial charge in [0, 0.05) is 25.7 Å². The second kappa shape index (κ2) is 3.86. The number of hydrogen-bond donors (Lipinski definition) is 1. The molecule has 0 spiro atoms. The molecule has 86 valence electrons. The van der Waals surface area contributed by atoms with Crippen molar-refractivity contribution in [1.29, 1.82) is 0 Å². The monoisotopic (exact) mass is 304 g/mol. The van der Waals surface area contributed by atoms with Crippen LogP contribution in [0.1, 0.15) is 5.56 Å². The predicted octanol–water partition coefficient (Wildman–Crippen LogP) is 2.58. The van der Waals surface area contributed by atoms with E-state index in [1.165, 1.54) is 0 Å². The van der Waals surface area contributed by atoms with Crippen LogP contribution in [-0.4, -0.2) is 25.7 Å². The standard InChI is InChI=1S/C11H11BrClFN2/c12-9-10(13)8(14)4-6-3-7-5-15-1-2-16(7)11(6)9/h4,7,15H,1-3,5H2. The summed E-state index contributed by atoms with van der Waals surface area (Å²) >= 11 is 9.34. The van der Waals surface area contributed by atoms with Crippen molar-refractivity contribution in [2.24, 2.45) is 0 Å². The molecule has 1 N–H and O–H groups in total. The second-order valence-corrected chi connectivity index (χ2v) is 5.42. The molecule has 0 aromatic heterocycles. The molecular formula is C11H11BrClFN2. The molecule has 0 radical (unpaired) electrons. The summed E-state index contributed by atoms with van der Waals surface area (Å²) in [7, 11) is 0. The smallest absolute Gasteiger partial charge is 0.143 e. The first-order valence-corrected chi connectivity index (χ1v) is 6.49. The Morgan fingerprint density at radius 1 is 1.56 bits per heavy atom. The largest absolute Gasteiger partial charge is 0.364 e. The third kappa shape index (κ3) is 1.47. The van der Waals surface area contributed by atoms with Gasteiger partial charge < -0.3 is 10.2 Å². The fourth-order valence-electron chi connectivity index (χ4n) is 2.59. The lowest BCUT2D eigenvalue weighted by molar-refractivity contribution is 0.494. The second-order valence-electron chi connectivity index (χ2n) is 4.25. The summed E-state index contributed by atoms with van der Waals surface area (Å²) in [5.41, 5.74) is 2.14. The Morgan fingerprint density at radius 3 is 3.19 bits per heavy atom. The fraction of sp³-hybridized carbons (Fsp3) is 0.455. The molecule has 1 unspecified atom stereocenters. The van der Waals surface area contributed by atoms with Crippen molar-refractivity contribution in [3.63, 3.8) is 0 Å². The van der Waals surface area contributed by atoms with Gasteiger partial charge in [0.1, 0.15) is 5.82 Å². The van der Waals surface area contributed by atoms with Crippen molar-refractivity contribution in [1.82, 2.24) is 5.32 Å². The van der Waals surface area contributed by atoms with Gasteiger partial charge in [0.05, 0.1) is 15.2 Å². The molecule has 2 heterocycles. The molecule has 0 bridgehead atoms. The maximum atomic E-state index is 13.5. The fourth-order valence-corrected chi connectivity index (χ4v) is 3.41. The first kappa shape index (κ1) is 10.8. The summed E-state index contributed by atoms with van der Waals surface area (Å²) in [4.78, 5) is 2.32. The van der Waals surface area contributed by atoms with Gasteiger partial charge >= 0.3 is 0 Å². The minimum atomic E-state index is -0.333. The molecule has 2 aliphatic rings. The Hall–Kier alpha value is -0.320. The van der Waals surface area contributed by atoms with Gasteiger partial charge in [-0.2, -0.15) is 0 Å². The van der Waals surface area contributed by atoms with Gasteiger partial charge in [0.25, 0.3) is 0 Å². The number of fused-ring (bicyclic) bond motifs is 3. The van der Waals surface area contributed by atoms with Crippen LogP contribution in [0.15, 0.2) is 10.5 Å². The van der Waals surface area contributed by atoms with E-state index in [1.807, 2.05) is 0 Å². The summed E-state index contributed by atoms with van der Waals surface area (Å²) in [5.74, 6) is -0.333. The Kier molecular flexibility index (Phi) is 2.61. The van der Waals surface area contributed by atoms with Gasteiger partial charge in [-0.05, 0) is 34.0 Å². The quantitative estimate of drug-likeness (QED) is 0.741. The Labute approximate surface area is 107 Å². The SMILES string of the molecule is Fc1cc2c(c(Br)c1Cl)N1CCNCC1C2. The van der Waals surface area contributed by atoms with Crippen LogP contribution in [0.25, 0.3) is 0 Å². The number of piperazine rings is 1. The highest BCUT2D eigenvalue weighted by atomic mass is 79.9. The zero-order valence-corrected chi connectivity index (χ0v) is 10.9. The van der Waals surface area contributed by atoms with Crippen LogP contribution >= 0.6 is 27.5 Å². The van der Waals surface area contributed by atoms with Crippen LogP contribution in [0.5, 0.6) is 0 Å². The molecule has 0 amide bonds. The number of nitrogens with one attached hydrogen (secondary N) is 1. The molecule has 5 heteroatoms. The lowest BCUT2D eigenvalue weighted by atomic mass is 10.1. The van der Waals surface area contributed by atoms with Crippen molar-refractivity contribution in [3.8, 4) is 0 Å². The zero-order chi connectivity index (χ0) is 11.3. The normalized spacial score (nSPS) is 23.2. The van der Waals surface area contributed by atoms with Gasteiger partial charge in [-0.25, -0.2) is 4.39 Å². The van der Waals surface area contributed by atoms with Crippen LogP contribution in [0.2, 0.25) is 5.02 Å².